The number of piperidine rings is 1. The van der Waals surface area contributed by atoms with E-state index in [4.69, 9.17) is 4.98 Å². The van der Waals surface area contributed by atoms with E-state index in [1.165, 1.54) is 44.2 Å². The number of pyridine rings is 1. The molecule has 1 aliphatic heterocycles. The van der Waals surface area contributed by atoms with E-state index >= 15 is 0 Å². The highest BCUT2D eigenvalue weighted by molar-refractivity contribution is 5.95. The lowest BCUT2D eigenvalue weighted by Gasteiger charge is -2.32. The maximum atomic E-state index is 14.0. The highest BCUT2D eigenvalue weighted by Crippen LogP contribution is 2.30. The second-order valence-corrected chi connectivity index (χ2v) is 9.39. The summed E-state index contributed by atoms with van der Waals surface area (Å²) in [6.07, 6.45) is 7.96. The monoisotopic (exact) mass is 441 g/mol. The first kappa shape index (κ1) is 22.8. The minimum atomic E-state index is -0.551. The quantitative estimate of drug-likeness (QED) is 0.657. The number of hydrogen-bond acceptors (Lipinski definition) is 3. The van der Waals surface area contributed by atoms with Gasteiger partial charge in [-0.3, -0.25) is 14.7 Å². The highest BCUT2D eigenvalue weighted by atomic mass is 19.1. The van der Waals surface area contributed by atoms with Gasteiger partial charge in [0.05, 0.1) is 11.3 Å². The molecule has 0 radical (unpaired) electrons. The van der Waals surface area contributed by atoms with Gasteiger partial charge in [0.1, 0.15) is 11.6 Å². The molecular formula is C26H33F2N3O. The normalized spacial score (nSPS) is 18.6. The summed E-state index contributed by atoms with van der Waals surface area (Å²) in [6, 6.07) is 7.59. The van der Waals surface area contributed by atoms with Crippen LogP contribution < -0.4 is 5.32 Å². The number of likely N-dealkylation sites (tertiary alicyclic amines) is 1. The molecule has 1 amide bonds. The number of nitrogens with zero attached hydrogens (tertiary/aromatic N) is 2. The summed E-state index contributed by atoms with van der Waals surface area (Å²) >= 11 is 0. The minimum absolute atomic E-state index is 0.0195. The summed E-state index contributed by atoms with van der Waals surface area (Å²) in [5.74, 6) is -0.271. The van der Waals surface area contributed by atoms with E-state index in [2.05, 4.69) is 10.2 Å². The third-order valence-corrected chi connectivity index (χ3v) is 6.97. The van der Waals surface area contributed by atoms with E-state index in [1.54, 1.807) is 0 Å². The van der Waals surface area contributed by atoms with Crippen molar-refractivity contribution < 1.29 is 13.6 Å². The van der Waals surface area contributed by atoms with Crippen LogP contribution in [0.15, 0.2) is 30.3 Å². The Kier molecular flexibility index (Phi) is 7.51. The molecule has 1 aromatic carbocycles. The Balaban J connectivity index is 1.38. The van der Waals surface area contributed by atoms with Gasteiger partial charge in [-0.2, -0.15) is 0 Å². The van der Waals surface area contributed by atoms with Crippen molar-refractivity contribution in [1.82, 2.24) is 15.2 Å². The molecule has 0 atom stereocenters. The van der Waals surface area contributed by atoms with Crippen LogP contribution >= 0.6 is 0 Å². The maximum absolute atomic E-state index is 14.0. The molecule has 172 valence electrons. The number of nitrogens with one attached hydrogen (secondary N) is 1. The minimum Gasteiger partial charge on any atom is -0.352 e. The fraction of sp³-hybridized carbons (Fsp3) is 0.538. The van der Waals surface area contributed by atoms with E-state index in [1.807, 2.05) is 19.1 Å². The topological polar surface area (TPSA) is 45.2 Å². The van der Waals surface area contributed by atoms with E-state index in [9.17, 15) is 13.6 Å². The molecule has 1 aromatic heterocycles. The SMILES string of the molecule is Cc1ccc(C(=O)NCC2CCCCC2)c(C2CCN(Cc3ccc(F)cc3F)CC2)n1. The van der Waals surface area contributed by atoms with Gasteiger partial charge in [0.25, 0.3) is 5.91 Å². The van der Waals surface area contributed by atoms with Crippen molar-refractivity contribution in [3.05, 3.63) is 64.5 Å². The van der Waals surface area contributed by atoms with Crippen LogP contribution in [-0.4, -0.2) is 35.4 Å². The molecule has 4 nitrogen and oxygen atoms in total. The number of aryl methyl sites for hydroxylation is 1. The van der Waals surface area contributed by atoms with E-state index in [0.29, 0.717) is 23.6 Å². The Morgan fingerprint density at radius 1 is 1.06 bits per heavy atom. The van der Waals surface area contributed by atoms with Crippen LogP contribution in [0.2, 0.25) is 0 Å². The zero-order valence-corrected chi connectivity index (χ0v) is 18.9. The van der Waals surface area contributed by atoms with Crippen LogP contribution in [0.3, 0.4) is 0 Å². The maximum Gasteiger partial charge on any atom is 0.253 e. The Labute approximate surface area is 189 Å². The Morgan fingerprint density at radius 2 is 1.81 bits per heavy atom. The lowest BCUT2D eigenvalue weighted by molar-refractivity contribution is 0.0940. The summed E-state index contributed by atoms with van der Waals surface area (Å²) in [7, 11) is 0. The van der Waals surface area contributed by atoms with Gasteiger partial charge in [0.2, 0.25) is 0 Å². The van der Waals surface area contributed by atoms with Crippen LogP contribution in [-0.2, 0) is 6.54 Å². The Bertz CT molecular complexity index is 935. The van der Waals surface area contributed by atoms with Gasteiger partial charge < -0.3 is 5.32 Å². The number of hydrogen-bond donors (Lipinski definition) is 1. The Morgan fingerprint density at radius 3 is 2.53 bits per heavy atom. The van der Waals surface area contributed by atoms with Gasteiger partial charge in [0, 0.05) is 36.3 Å². The lowest BCUT2D eigenvalue weighted by Crippen LogP contribution is -2.35. The third kappa shape index (κ3) is 5.71. The third-order valence-electron chi connectivity index (χ3n) is 6.97. The van der Waals surface area contributed by atoms with Crippen molar-refractivity contribution >= 4 is 5.91 Å². The predicted octanol–water partition coefficient (Wildman–Crippen LogP) is 5.36. The van der Waals surface area contributed by atoms with Gasteiger partial charge in [-0.1, -0.05) is 25.3 Å². The Hall–Kier alpha value is -2.34. The first-order valence-corrected chi connectivity index (χ1v) is 11.9. The number of aromatic nitrogens is 1. The highest BCUT2D eigenvalue weighted by Gasteiger charge is 2.27. The molecule has 0 spiro atoms. The molecule has 1 saturated carbocycles. The second-order valence-electron chi connectivity index (χ2n) is 9.39. The fourth-order valence-electron chi connectivity index (χ4n) is 5.06. The van der Waals surface area contributed by atoms with Crippen LogP contribution in [0, 0.1) is 24.5 Å². The number of halogens is 2. The molecular weight excluding hydrogens is 408 g/mol. The summed E-state index contributed by atoms with van der Waals surface area (Å²) < 4.78 is 27.2. The van der Waals surface area contributed by atoms with Crippen molar-refractivity contribution in [2.24, 2.45) is 5.92 Å². The molecule has 2 heterocycles. The van der Waals surface area contributed by atoms with Crippen molar-refractivity contribution in [3.63, 3.8) is 0 Å². The summed E-state index contributed by atoms with van der Waals surface area (Å²) in [6.45, 7) is 4.75. The van der Waals surface area contributed by atoms with Crippen LogP contribution in [0.1, 0.15) is 78.2 Å². The van der Waals surface area contributed by atoms with Crippen LogP contribution in [0.5, 0.6) is 0 Å². The average Bonchev–Trinajstić information content (AvgIpc) is 2.80. The van der Waals surface area contributed by atoms with E-state index in [0.717, 1.165) is 49.9 Å². The molecule has 2 aliphatic rings. The molecule has 32 heavy (non-hydrogen) atoms. The molecule has 1 N–H and O–H groups in total. The van der Waals surface area contributed by atoms with E-state index in [-0.39, 0.29) is 11.8 Å². The molecule has 1 aliphatic carbocycles. The first-order valence-electron chi connectivity index (χ1n) is 11.9. The van der Waals surface area contributed by atoms with E-state index < -0.39 is 11.6 Å². The lowest BCUT2D eigenvalue weighted by atomic mass is 9.88. The van der Waals surface area contributed by atoms with Crippen LogP contribution in [0.25, 0.3) is 0 Å². The summed E-state index contributed by atoms with van der Waals surface area (Å²) in [5, 5.41) is 3.16. The van der Waals surface area contributed by atoms with Gasteiger partial charge in [-0.05, 0) is 69.8 Å². The summed E-state index contributed by atoms with van der Waals surface area (Å²) in [4.78, 5) is 19.9. The number of carbonyl (C=O) groups is 1. The smallest absolute Gasteiger partial charge is 0.253 e. The second kappa shape index (κ2) is 10.5. The zero-order valence-electron chi connectivity index (χ0n) is 18.9. The molecule has 2 fully saturated rings. The standard InChI is InChI=1S/C26H33F2N3O/c1-18-7-10-23(26(32)29-16-19-5-3-2-4-6-19)25(30-18)20-11-13-31(14-12-20)17-21-8-9-22(27)15-24(21)28/h7-10,15,19-20H,2-6,11-14,16-17H2,1H3,(H,29,32). The molecule has 0 unspecified atom stereocenters. The average molecular weight is 442 g/mol. The number of amides is 1. The van der Waals surface area contributed by atoms with Crippen molar-refractivity contribution in [2.45, 2.75) is 64.3 Å². The molecule has 0 bridgehead atoms. The van der Waals surface area contributed by atoms with Gasteiger partial charge in [0.15, 0.2) is 0 Å². The molecule has 2 aromatic rings. The van der Waals surface area contributed by atoms with Gasteiger partial charge in [-0.25, -0.2) is 8.78 Å². The number of carbonyl (C=O) groups excluding carboxylic acids is 1. The summed E-state index contributed by atoms with van der Waals surface area (Å²) in [5.41, 5.74) is 3.01. The number of rotatable bonds is 6. The molecule has 6 heteroatoms. The van der Waals surface area contributed by atoms with Crippen molar-refractivity contribution in [1.29, 1.82) is 0 Å². The largest absolute Gasteiger partial charge is 0.352 e. The fourth-order valence-corrected chi connectivity index (χ4v) is 5.06. The number of benzene rings is 1. The van der Waals surface area contributed by atoms with Crippen LogP contribution in [0.4, 0.5) is 8.78 Å². The van der Waals surface area contributed by atoms with Gasteiger partial charge >= 0.3 is 0 Å². The predicted molar refractivity (Wildman–Crippen MR) is 121 cm³/mol. The molecule has 1 saturated heterocycles. The first-order chi connectivity index (χ1) is 15.5. The zero-order chi connectivity index (χ0) is 22.5. The molecule has 4 rings (SSSR count). The van der Waals surface area contributed by atoms with Crippen molar-refractivity contribution in [2.75, 3.05) is 19.6 Å². The van der Waals surface area contributed by atoms with Gasteiger partial charge in [-0.15, -0.1) is 0 Å². The van der Waals surface area contributed by atoms with Crippen molar-refractivity contribution in [3.8, 4) is 0 Å².